The zero-order valence-corrected chi connectivity index (χ0v) is 12.0. The first kappa shape index (κ1) is 13.3. The number of methoxy groups -OCH3 is 1. The lowest BCUT2D eigenvalue weighted by Crippen LogP contribution is -2.29. The Labute approximate surface area is 119 Å². The van der Waals surface area contributed by atoms with Crippen molar-refractivity contribution in [1.82, 2.24) is 0 Å². The van der Waals surface area contributed by atoms with E-state index in [4.69, 9.17) is 10.5 Å². The third-order valence-corrected chi connectivity index (χ3v) is 4.18. The molecule has 2 aliphatic rings. The lowest BCUT2D eigenvalue weighted by molar-refractivity contribution is 0.0602. The van der Waals surface area contributed by atoms with Gasteiger partial charge in [0.1, 0.15) is 0 Å². The van der Waals surface area contributed by atoms with Crippen molar-refractivity contribution >= 4 is 17.3 Å². The summed E-state index contributed by atoms with van der Waals surface area (Å²) in [4.78, 5) is 14.1. The highest BCUT2D eigenvalue weighted by Crippen LogP contribution is 2.38. The van der Waals surface area contributed by atoms with Crippen LogP contribution >= 0.6 is 0 Å². The number of ether oxygens (including phenoxy) is 1. The number of esters is 1. The van der Waals surface area contributed by atoms with Crippen molar-refractivity contribution in [2.24, 2.45) is 11.8 Å². The van der Waals surface area contributed by atoms with Crippen LogP contribution in [0.2, 0.25) is 0 Å². The molecule has 0 aromatic heterocycles. The van der Waals surface area contributed by atoms with E-state index in [1.165, 1.54) is 32.8 Å². The van der Waals surface area contributed by atoms with Gasteiger partial charge >= 0.3 is 5.97 Å². The Morgan fingerprint density at radius 3 is 2.35 bits per heavy atom. The Morgan fingerprint density at radius 2 is 1.85 bits per heavy atom. The maximum atomic E-state index is 11.8. The fourth-order valence-electron chi connectivity index (χ4n) is 2.61. The summed E-state index contributed by atoms with van der Waals surface area (Å²) < 4.78 is 4.80. The first-order valence-electron chi connectivity index (χ1n) is 7.40. The van der Waals surface area contributed by atoms with Crippen LogP contribution in [0.3, 0.4) is 0 Å². The van der Waals surface area contributed by atoms with E-state index in [0.717, 1.165) is 30.6 Å². The molecule has 0 spiro atoms. The Morgan fingerprint density at radius 1 is 1.25 bits per heavy atom. The third kappa shape index (κ3) is 2.89. The summed E-state index contributed by atoms with van der Waals surface area (Å²) in [6.07, 6.45) is 5.27. The molecule has 0 radical (unpaired) electrons. The zero-order chi connectivity index (χ0) is 14.1. The minimum absolute atomic E-state index is 0.359. The Bertz CT molecular complexity index is 493. The summed E-state index contributed by atoms with van der Waals surface area (Å²) in [7, 11) is 1.39. The number of nitrogens with two attached hydrogens (primary N) is 1. The second kappa shape index (κ2) is 5.35. The molecule has 0 unspecified atom stereocenters. The maximum absolute atomic E-state index is 11.8. The van der Waals surface area contributed by atoms with Crippen molar-refractivity contribution < 1.29 is 9.53 Å². The van der Waals surface area contributed by atoms with E-state index in [1.54, 1.807) is 6.07 Å². The van der Waals surface area contributed by atoms with Gasteiger partial charge in [-0.1, -0.05) is 6.07 Å². The van der Waals surface area contributed by atoms with Gasteiger partial charge in [0.2, 0.25) is 0 Å². The smallest absolute Gasteiger partial charge is 0.340 e. The molecule has 0 amide bonds. The highest BCUT2D eigenvalue weighted by atomic mass is 16.5. The number of rotatable bonds is 6. The lowest BCUT2D eigenvalue weighted by Gasteiger charge is -2.27. The van der Waals surface area contributed by atoms with Gasteiger partial charge in [-0.05, 0) is 49.7 Å². The summed E-state index contributed by atoms with van der Waals surface area (Å²) in [5.41, 5.74) is 8.23. The minimum Gasteiger partial charge on any atom is -0.465 e. The second-order valence-corrected chi connectivity index (χ2v) is 6.02. The van der Waals surface area contributed by atoms with Crippen LogP contribution in [-0.4, -0.2) is 26.2 Å². The van der Waals surface area contributed by atoms with Gasteiger partial charge in [-0.2, -0.15) is 0 Å². The molecule has 2 aliphatic carbocycles. The van der Waals surface area contributed by atoms with Gasteiger partial charge in [-0.25, -0.2) is 4.79 Å². The van der Waals surface area contributed by atoms with Crippen LogP contribution in [0.25, 0.3) is 0 Å². The van der Waals surface area contributed by atoms with E-state index in [0.29, 0.717) is 11.3 Å². The number of hydrogen-bond acceptors (Lipinski definition) is 4. The molecule has 1 aromatic carbocycles. The van der Waals surface area contributed by atoms with Crippen molar-refractivity contribution in [3.63, 3.8) is 0 Å². The molecule has 0 aliphatic heterocycles. The van der Waals surface area contributed by atoms with Crippen molar-refractivity contribution in [3.8, 4) is 0 Å². The maximum Gasteiger partial charge on any atom is 0.340 e. The fourth-order valence-corrected chi connectivity index (χ4v) is 2.61. The predicted molar refractivity (Wildman–Crippen MR) is 79.9 cm³/mol. The predicted octanol–water partition coefficient (Wildman–Crippen LogP) is 2.68. The molecule has 20 heavy (non-hydrogen) atoms. The molecule has 4 heteroatoms. The molecule has 2 fully saturated rings. The molecule has 1 aromatic rings. The number of carbonyl (C=O) groups is 1. The van der Waals surface area contributed by atoms with Gasteiger partial charge in [-0.3, -0.25) is 0 Å². The van der Waals surface area contributed by atoms with E-state index in [1.807, 2.05) is 12.1 Å². The van der Waals surface area contributed by atoms with E-state index in [-0.39, 0.29) is 5.97 Å². The first-order chi connectivity index (χ1) is 9.69. The molecular weight excluding hydrogens is 252 g/mol. The minimum atomic E-state index is -0.359. The lowest BCUT2D eigenvalue weighted by atomic mass is 10.1. The Balaban J connectivity index is 1.86. The standard InChI is InChI=1S/C16H22N2O2/c1-20-16(19)13-3-2-4-14(15(13)17)18(9-11-5-6-11)10-12-7-8-12/h2-4,11-12H,5-10,17H2,1H3. The van der Waals surface area contributed by atoms with Crippen LogP contribution in [0, 0.1) is 11.8 Å². The van der Waals surface area contributed by atoms with Gasteiger partial charge in [0, 0.05) is 13.1 Å². The number of carbonyl (C=O) groups excluding carboxylic acids is 1. The van der Waals surface area contributed by atoms with Gasteiger partial charge in [0.05, 0.1) is 24.0 Å². The topological polar surface area (TPSA) is 55.6 Å². The Hall–Kier alpha value is -1.71. The van der Waals surface area contributed by atoms with Gasteiger partial charge in [0.25, 0.3) is 0 Å². The van der Waals surface area contributed by atoms with Gasteiger partial charge in [0.15, 0.2) is 0 Å². The molecule has 2 N–H and O–H groups in total. The molecule has 0 heterocycles. The molecule has 4 nitrogen and oxygen atoms in total. The summed E-state index contributed by atoms with van der Waals surface area (Å²) in [5.74, 6) is 1.24. The van der Waals surface area contributed by atoms with Crippen LogP contribution in [0.1, 0.15) is 36.0 Å². The molecule has 3 rings (SSSR count). The highest BCUT2D eigenvalue weighted by Gasteiger charge is 2.30. The average molecular weight is 274 g/mol. The van der Waals surface area contributed by atoms with Crippen molar-refractivity contribution in [1.29, 1.82) is 0 Å². The quantitative estimate of drug-likeness (QED) is 0.640. The summed E-state index contributed by atoms with van der Waals surface area (Å²) >= 11 is 0. The second-order valence-electron chi connectivity index (χ2n) is 6.02. The number of nitrogens with zero attached hydrogens (tertiary/aromatic N) is 1. The summed E-state index contributed by atoms with van der Waals surface area (Å²) in [6, 6.07) is 5.65. The molecule has 0 saturated heterocycles. The van der Waals surface area contributed by atoms with E-state index < -0.39 is 0 Å². The Kier molecular flexibility index (Phi) is 3.55. The van der Waals surface area contributed by atoms with E-state index >= 15 is 0 Å². The van der Waals surface area contributed by atoms with Gasteiger partial charge < -0.3 is 15.4 Å². The molecule has 2 saturated carbocycles. The SMILES string of the molecule is COC(=O)c1cccc(N(CC2CC2)CC2CC2)c1N. The zero-order valence-electron chi connectivity index (χ0n) is 12.0. The monoisotopic (exact) mass is 274 g/mol. The average Bonchev–Trinajstić information content (AvgIpc) is 3.33. The molecule has 108 valence electrons. The van der Waals surface area contributed by atoms with Gasteiger partial charge in [-0.15, -0.1) is 0 Å². The summed E-state index contributed by atoms with van der Waals surface area (Å²) in [5, 5.41) is 0. The van der Waals surface area contributed by atoms with Crippen LogP contribution in [0.5, 0.6) is 0 Å². The van der Waals surface area contributed by atoms with Crippen LogP contribution in [0.15, 0.2) is 18.2 Å². The number of anilines is 2. The normalized spacial score (nSPS) is 17.9. The van der Waals surface area contributed by atoms with Crippen LogP contribution < -0.4 is 10.6 Å². The molecule has 0 bridgehead atoms. The fraction of sp³-hybridized carbons (Fsp3) is 0.562. The largest absolute Gasteiger partial charge is 0.465 e. The van der Waals surface area contributed by atoms with Crippen LogP contribution in [-0.2, 0) is 4.74 Å². The van der Waals surface area contributed by atoms with Crippen molar-refractivity contribution in [2.45, 2.75) is 25.7 Å². The highest BCUT2D eigenvalue weighted by molar-refractivity contribution is 5.98. The molecular formula is C16H22N2O2. The van der Waals surface area contributed by atoms with E-state index in [2.05, 4.69) is 4.90 Å². The third-order valence-electron chi connectivity index (χ3n) is 4.18. The van der Waals surface area contributed by atoms with Crippen molar-refractivity contribution in [3.05, 3.63) is 23.8 Å². The summed E-state index contributed by atoms with van der Waals surface area (Å²) in [6.45, 7) is 2.12. The van der Waals surface area contributed by atoms with E-state index in [9.17, 15) is 4.79 Å². The number of para-hydroxylation sites is 1. The number of benzene rings is 1. The number of nitrogen functional groups attached to an aromatic ring is 1. The first-order valence-corrected chi connectivity index (χ1v) is 7.40. The number of hydrogen-bond donors (Lipinski definition) is 1. The molecule has 0 atom stereocenters. The van der Waals surface area contributed by atoms with Crippen molar-refractivity contribution in [2.75, 3.05) is 30.8 Å². The van der Waals surface area contributed by atoms with Crippen LogP contribution in [0.4, 0.5) is 11.4 Å².